The Kier molecular flexibility index (Phi) is 4.86. The largest absolute Gasteiger partial charge is 0.324 e. The smallest absolute Gasteiger partial charge is 0.0256 e. The van der Waals surface area contributed by atoms with E-state index in [0.717, 1.165) is 6.42 Å². The van der Waals surface area contributed by atoms with Gasteiger partial charge in [0.2, 0.25) is 0 Å². The molecule has 0 saturated heterocycles. The van der Waals surface area contributed by atoms with Crippen LogP contribution >= 0.6 is 12.4 Å². The number of hydrogen-bond acceptors (Lipinski definition) is 1. The Morgan fingerprint density at radius 1 is 1.13 bits per heavy atom. The van der Waals surface area contributed by atoms with E-state index in [1.807, 2.05) is 6.07 Å². The van der Waals surface area contributed by atoms with Crippen LogP contribution in [0.1, 0.15) is 31.2 Å². The Morgan fingerprint density at radius 2 is 1.87 bits per heavy atom. The molecule has 0 spiro atoms. The van der Waals surface area contributed by atoms with Crippen molar-refractivity contribution in [3.63, 3.8) is 0 Å². The van der Waals surface area contributed by atoms with Crippen LogP contribution in [0.25, 0.3) is 6.08 Å². The summed E-state index contributed by atoms with van der Waals surface area (Å²) in [6.45, 7) is 0. The SMILES string of the molecule is Cl.NC1CCCC/C1=C\c1ccccc1. The van der Waals surface area contributed by atoms with Gasteiger partial charge in [0.15, 0.2) is 0 Å². The van der Waals surface area contributed by atoms with E-state index in [2.05, 4.69) is 30.3 Å². The minimum Gasteiger partial charge on any atom is -0.324 e. The van der Waals surface area contributed by atoms with Gasteiger partial charge in [-0.3, -0.25) is 0 Å². The first-order valence-electron chi connectivity index (χ1n) is 5.37. The number of rotatable bonds is 1. The topological polar surface area (TPSA) is 26.0 Å². The van der Waals surface area contributed by atoms with Crippen molar-refractivity contribution in [1.29, 1.82) is 0 Å². The van der Waals surface area contributed by atoms with Crippen LogP contribution in [0, 0.1) is 0 Å². The summed E-state index contributed by atoms with van der Waals surface area (Å²) in [6, 6.07) is 10.7. The molecule has 0 aromatic heterocycles. The molecule has 0 bridgehead atoms. The van der Waals surface area contributed by atoms with Crippen LogP contribution in [0.5, 0.6) is 0 Å². The third kappa shape index (κ3) is 3.37. The van der Waals surface area contributed by atoms with Gasteiger partial charge >= 0.3 is 0 Å². The molecule has 15 heavy (non-hydrogen) atoms. The van der Waals surface area contributed by atoms with Gasteiger partial charge in [-0.15, -0.1) is 12.4 Å². The summed E-state index contributed by atoms with van der Waals surface area (Å²) in [5.74, 6) is 0. The molecule has 1 unspecified atom stereocenters. The molecule has 2 rings (SSSR count). The van der Waals surface area contributed by atoms with E-state index in [1.165, 1.54) is 30.4 Å². The highest BCUT2D eigenvalue weighted by molar-refractivity contribution is 5.85. The molecule has 0 aliphatic heterocycles. The summed E-state index contributed by atoms with van der Waals surface area (Å²) in [6.07, 6.45) is 7.16. The number of nitrogens with two attached hydrogens (primary N) is 1. The van der Waals surface area contributed by atoms with Crippen molar-refractivity contribution in [1.82, 2.24) is 0 Å². The Bertz CT molecular complexity index is 319. The second kappa shape index (κ2) is 5.94. The molecule has 0 amide bonds. The van der Waals surface area contributed by atoms with Gasteiger partial charge in [-0.1, -0.05) is 48.4 Å². The maximum absolute atomic E-state index is 6.06. The predicted molar refractivity (Wildman–Crippen MR) is 68.1 cm³/mol. The van der Waals surface area contributed by atoms with Gasteiger partial charge in [0.1, 0.15) is 0 Å². The first-order valence-corrected chi connectivity index (χ1v) is 5.37. The molecular formula is C13H18ClN. The molecular weight excluding hydrogens is 206 g/mol. The van der Waals surface area contributed by atoms with Crippen molar-refractivity contribution >= 4 is 18.5 Å². The normalized spacial score (nSPS) is 23.5. The van der Waals surface area contributed by atoms with Crippen LogP contribution in [0.4, 0.5) is 0 Å². The minimum atomic E-state index is 0. The summed E-state index contributed by atoms with van der Waals surface area (Å²) >= 11 is 0. The Hall–Kier alpha value is -0.790. The van der Waals surface area contributed by atoms with Crippen molar-refractivity contribution in [3.05, 3.63) is 41.5 Å². The van der Waals surface area contributed by atoms with E-state index >= 15 is 0 Å². The highest BCUT2D eigenvalue weighted by Crippen LogP contribution is 2.24. The zero-order valence-corrected chi connectivity index (χ0v) is 9.67. The molecule has 1 fully saturated rings. The fourth-order valence-electron chi connectivity index (χ4n) is 2.01. The number of hydrogen-bond donors (Lipinski definition) is 1. The predicted octanol–water partition coefficient (Wildman–Crippen LogP) is 3.39. The van der Waals surface area contributed by atoms with Crippen LogP contribution < -0.4 is 5.73 Å². The lowest BCUT2D eigenvalue weighted by Crippen LogP contribution is -2.25. The van der Waals surface area contributed by atoms with Gasteiger partial charge in [-0.25, -0.2) is 0 Å². The molecule has 1 aromatic rings. The van der Waals surface area contributed by atoms with Crippen molar-refractivity contribution in [2.45, 2.75) is 31.7 Å². The van der Waals surface area contributed by atoms with Crippen LogP contribution in [-0.2, 0) is 0 Å². The highest BCUT2D eigenvalue weighted by atomic mass is 35.5. The van der Waals surface area contributed by atoms with Gasteiger partial charge < -0.3 is 5.73 Å². The maximum Gasteiger partial charge on any atom is 0.0256 e. The van der Waals surface area contributed by atoms with Gasteiger partial charge in [0.05, 0.1) is 0 Å². The van der Waals surface area contributed by atoms with Crippen molar-refractivity contribution in [2.75, 3.05) is 0 Å². The summed E-state index contributed by atoms with van der Waals surface area (Å²) in [4.78, 5) is 0. The first-order chi connectivity index (χ1) is 6.86. The molecule has 82 valence electrons. The Morgan fingerprint density at radius 3 is 2.53 bits per heavy atom. The quantitative estimate of drug-likeness (QED) is 0.776. The molecule has 1 saturated carbocycles. The van der Waals surface area contributed by atoms with Gasteiger partial charge in [-0.05, 0) is 24.8 Å². The van der Waals surface area contributed by atoms with E-state index in [0.29, 0.717) is 6.04 Å². The second-order valence-electron chi connectivity index (χ2n) is 3.98. The standard InChI is InChI=1S/C13H17N.ClH/c14-13-9-5-4-8-12(13)10-11-6-2-1-3-7-11;/h1-3,6-7,10,13H,4-5,8-9,14H2;1H/b12-10+;. The molecule has 1 atom stereocenters. The lowest BCUT2D eigenvalue weighted by molar-refractivity contribution is 0.540. The van der Waals surface area contributed by atoms with Gasteiger partial charge in [0, 0.05) is 6.04 Å². The van der Waals surface area contributed by atoms with Crippen LogP contribution in [0.2, 0.25) is 0 Å². The number of benzene rings is 1. The highest BCUT2D eigenvalue weighted by Gasteiger charge is 2.13. The first kappa shape index (κ1) is 12.3. The Labute approximate surface area is 97.8 Å². The van der Waals surface area contributed by atoms with Crippen LogP contribution in [-0.4, -0.2) is 6.04 Å². The number of halogens is 1. The minimum absolute atomic E-state index is 0. The van der Waals surface area contributed by atoms with Crippen LogP contribution in [0.3, 0.4) is 0 Å². The second-order valence-corrected chi connectivity index (χ2v) is 3.98. The van der Waals surface area contributed by atoms with E-state index in [1.54, 1.807) is 0 Å². The molecule has 2 N–H and O–H groups in total. The summed E-state index contributed by atoms with van der Waals surface area (Å²) in [5, 5.41) is 0. The molecule has 2 heteroatoms. The molecule has 1 nitrogen and oxygen atoms in total. The monoisotopic (exact) mass is 223 g/mol. The molecule has 1 aliphatic rings. The van der Waals surface area contributed by atoms with Crippen LogP contribution in [0.15, 0.2) is 35.9 Å². The average molecular weight is 224 g/mol. The maximum atomic E-state index is 6.06. The molecule has 1 aromatic carbocycles. The third-order valence-electron chi connectivity index (χ3n) is 2.86. The molecule has 0 heterocycles. The van der Waals surface area contributed by atoms with E-state index < -0.39 is 0 Å². The van der Waals surface area contributed by atoms with E-state index in [9.17, 15) is 0 Å². The van der Waals surface area contributed by atoms with E-state index in [4.69, 9.17) is 5.73 Å². The van der Waals surface area contributed by atoms with Crippen molar-refractivity contribution in [3.8, 4) is 0 Å². The average Bonchev–Trinajstić information content (AvgIpc) is 2.23. The fraction of sp³-hybridized carbons (Fsp3) is 0.385. The summed E-state index contributed by atoms with van der Waals surface area (Å²) < 4.78 is 0. The zero-order chi connectivity index (χ0) is 9.80. The summed E-state index contributed by atoms with van der Waals surface area (Å²) in [5.41, 5.74) is 8.76. The van der Waals surface area contributed by atoms with E-state index in [-0.39, 0.29) is 12.4 Å². The van der Waals surface area contributed by atoms with Gasteiger partial charge in [-0.2, -0.15) is 0 Å². The van der Waals surface area contributed by atoms with Crippen molar-refractivity contribution in [2.24, 2.45) is 5.73 Å². The lowest BCUT2D eigenvalue weighted by atomic mass is 9.89. The molecule has 0 radical (unpaired) electrons. The summed E-state index contributed by atoms with van der Waals surface area (Å²) in [7, 11) is 0. The zero-order valence-electron chi connectivity index (χ0n) is 8.86. The lowest BCUT2D eigenvalue weighted by Gasteiger charge is -2.21. The molecule has 1 aliphatic carbocycles. The van der Waals surface area contributed by atoms with Gasteiger partial charge in [0.25, 0.3) is 0 Å². The fourth-order valence-corrected chi connectivity index (χ4v) is 2.01. The third-order valence-corrected chi connectivity index (χ3v) is 2.86. The Balaban J connectivity index is 0.00000112. The van der Waals surface area contributed by atoms with Crippen molar-refractivity contribution < 1.29 is 0 Å².